The molecule has 0 aliphatic heterocycles. The smallest absolute Gasteiger partial charge is 0.139 e. The quantitative estimate of drug-likeness (QED) is 0.708. The predicted molar refractivity (Wildman–Crippen MR) is 95.4 cm³/mol. The van der Waals surface area contributed by atoms with E-state index in [1.165, 1.54) is 0 Å². The lowest BCUT2D eigenvalue weighted by atomic mass is 10.2. The Morgan fingerprint density at radius 3 is 2.29 bits per heavy atom. The standard InChI is InChI=1S/C15H18Br2N4/c1-4-8-18-14-9(2)15(20-10(3)19-14)21-13-11(16)6-5-7-12(13)17/h5-7H,4,8H2,1-3H3,(H2,18,19,20,21). The van der Waals surface area contributed by atoms with Gasteiger partial charge < -0.3 is 10.6 Å². The van der Waals surface area contributed by atoms with Crippen molar-refractivity contribution in [3.63, 3.8) is 0 Å². The highest BCUT2D eigenvalue weighted by atomic mass is 79.9. The summed E-state index contributed by atoms with van der Waals surface area (Å²) in [6.07, 6.45) is 1.06. The fourth-order valence-corrected chi connectivity index (χ4v) is 3.10. The molecule has 0 fully saturated rings. The van der Waals surface area contributed by atoms with Crippen molar-refractivity contribution >= 4 is 49.2 Å². The molecule has 2 N–H and O–H groups in total. The van der Waals surface area contributed by atoms with Crippen LogP contribution in [0.2, 0.25) is 0 Å². The minimum Gasteiger partial charge on any atom is -0.370 e. The van der Waals surface area contributed by atoms with Gasteiger partial charge >= 0.3 is 0 Å². The number of benzene rings is 1. The van der Waals surface area contributed by atoms with Crippen LogP contribution < -0.4 is 10.6 Å². The number of rotatable bonds is 5. The third-order valence-electron chi connectivity index (χ3n) is 3.01. The molecule has 6 heteroatoms. The Morgan fingerprint density at radius 1 is 1.05 bits per heavy atom. The number of halogens is 2. The predicted octanol–water partition coefficient (Wildman–Crippen LogP) is 5.18. The number of para-hydroxylation sites is 1. The summed E-state index contributed by atoms with van der Waals surface area (Å²) in [5, 5.41) is 6.73. The summed E-state index contributed by atoms with van der Waals surface area (Å²) in [6, 6.07) is 5.96. The topological polar surface area (TPSA) is 49.8 Å². The highest BCUT2D eigenvalue weighted by Crippen LogP contribution is 2.34. The average molecular weight is 414 g/mol. The van der Waals surface area contributed by atoms with E-state index >= 15 is 0 Å². The van der Waals surface area contributed by atoms with Crippen LogP contribution in [0.15, 0.2) is 27.1 Å². The maximum atomic E-state index is 4.52. The van der Waals surface area contributed by atoms with Crippen LogP contribution in [0, 0.1) is 13.8 Å². The molecular weight excluding hydrogens is 396 g/mol. The molecule has 21 heavy (non-hydrogen) atoms. The molecule has 0 unspecified atom stereocenters. The first-order chi connectivity index (χ1) is 10.0. The Morgan fingerprint density at radius 2 is 1.67 bits per heavy atom. The lowest BCUT2D eigenvalue weighted by Crippen LogP contribution is -2.09. The van der Waals surface area contributed by atoms with E-state index in [9.17, 15) is 0 Å². The first-order valence-corrected chi connectivity index (χ1v) is 8.41. The Hall–Kier alpha value is -1.14. The van der Waals surface area contributed by atoms with E-state index in [4.69, 9.17) is 0 Å². The average Bonchev–Trinajstić information content (AvgIpc) is 2.44. The van der Waals surface area contributed by atoms with Crippen LogP contribution >= 0.6 is 31.9 Å². The number of nitrogens with zero attached hydrogens (tertiary/aromatic N) is 2. The van der Waals surface area contributed by atoms with Crippen LogP contribution in [-0.2, 0) is 0 Å². The maximum Gasteiger partial charge on any atom is 0.139 e. The summed E-state index contributed by atoms with van der Waals surface area (Å²) in [6.45, 7) is 6.95. The molecule has 0 radical (unpaired) electrons. The van der Waals surface area contributed by atoms with Crippen molar-refractivity contribution in [3.8, 4) is 0 Å². The van der Waals surface area contributed by atoms with Gasteiger partial charge in [-0.3, -0.25) is 0 Å². The van der Waals surface area contributed by atoms with E-state index in [0.717, 1.165) is 50.6 Å². The summed E-state index contributed by atoms with van der Waals surface area (Å²) in [7, 11) is 0. The SMILES string of the molecule is CCCNc1nc(C)nc(Nc2c(Br)cccc2Br)c1C. The molecule has 0 atom stereocenters. The molecule has 0 aliphatic carbocycles. The molecule has 0 bridgehead atoms. The van der Waals surface area contributed by atoms with Crippen molar-refractivity contribution in [1.82, 2.24) is 9.97 Å². The number of aryl methyl sites for hydroxylation is 1. The highest BCUT2D eigenvalue weighted by molar-refractivity contribution is 9.11. The molecule has 1 aromatic heterocycles. The van der Waals surface area contributed by atoms with Gasteiger partial charge in [0.05, 0.1) is 5.69 Å². The Labute approximate surface area is 142 Å². The fourth-order valence-electron chi connectivity index (χ4n) is 1.90. The lowest BCUT2D eigenvalue weighted by Gasteiger charge is -2.15. The van der Waals surface area contributed by atoms with Gasteiger partial charge in [-0.15, -0.1) is 0 Å². The van der Waals surface area contributed by atoms with Crippen LogP contribution in [0.3, 0.4) is 0 Å². The van der Waals surface area contributed by atoms with Crippen molar-refractivity contribution in [1.29, 1.82) is 0 Å². The van der Waals surface area contributed by atoms with Crippen molar-refractivity contribution in [2.75, 3.05) is 17.2 Å². The van der Waals surface area contributed by atoms with Crippen molar-refractivity contribution < 1.29 is 0 Å². The number of hydrogen-bond donors (Lipinski definition) is 2. The molecule has 2 rings (SSSR count). The zero-order valence-electron chi connectivity index (χ0n) is 12.3. The molecule has 1 heterocycles. The Kier molecular flexibility index (Phi) is 5.58. The van der Waals surface area contributed by atoms with Gasteiger partial charge in [-0.25, -0.2) is 9.97 Å². The molecule has 4 nitrogen and oxygen atoms in total. The van der Waals surface area contributed by atoms with E-state index in [0.29, 0.717) is 0 Å². The second-order valence-corrected chi connectivity index (χ2v) is 6.45. The number of nitrogens with one attached hydrogen (secondary N) is 2. The van der Waals surface area contributed by atoms with Crippen LogP contribution in [0.4, 0.5) is 17.3 Å². The molecule has 0 saturated heterocycles. The normalized spacial score (nSPS) is 10.5. The van der Waals surface area contributed by atoms with Gasteiger partial charge in [-0.1, -0.05) is 13.0 Å². The molecule has 0 amide bonds. The van der Waals surface area contributed by atoms with Crippen LogP contribution in [0.5, 0.6) is 0 Å². The maximum absolute atomic E-state index is 4.52. The van der Waals surface area contributed by atoms with Gasteiger partial charge in [-0.2, -0.15) is 0 Å². The fraction of sp³-hybridized carbons (Fsp3) is 0.333. The van der Waals surface area contributed by atoms with Gasteiger partial charge in [0.2, 0.25) is 0 Å². The largest absolute Gasteiger partial charge is 0.370 e. The van der Waals surface area contributed by atoms with Gasteiger partial charge in [-0.05, 0) is 64.3 Å². The molecular formula is C15H18Br2N4. The van der Waals surface area contributed by atoms with Crippen LogP contribution in [0.1, 0.15) is 24.7 Å². The number of anilines is 3. The lowest BCUT2D eigenvalue weighted by molar-refractivity contribution is 0.948. The zero-order valence-corrected chi connectivity index (χ0v) is 15.5. The number of hydrogen-bond acceptors (Lipinski definition) is 4. The molecule has 0 saturated carbocycles. The Bertz CT molecular complexity index is 624. The van der Waals surface area contributed by atoms with E-state index in [1.54, 1.807) is 0 Å². The van der Waals surface area contributed by atoms with E-state index in [2.05, 4.69) is 59.4 Å². The van der Waals surface area contributed by atoms with Gasteiger partial charge in [0, 0.05) is 21.1 Å². The summed E-state index contributed by atoms with van der Waals surface area (Å²) in [5.41, 5.74) is 1.97. The molecule has 112 valence electrons. The van der Waals surface area contributed by atoms with Gasteiger partial charge in [0.1, 0.15) is 17.5 Å². The van der Waals surface area contributed by atoms with Crippen LogP contribution in [0.25, 0.3) is 0 Å². The molecule has 1 aromatic carbocycles. The molecule has 0 spiro atoms. The van der Waals surface area contributed by atoms with E-state index in [1.807, 2.05) is 32.0 Å². The van der Waals surface area contributed by atoms with Gasteiger partial charge in [0.15, 0.2) is 0 Å². The molecule has 0 aliphatic rings. The first kappa shape index (κ1) is 16.2. The van der Waals surface area contributed by atoms with Crippen molar-refractivity contribution in [3.05, 3.63) is 38.5 Å². The van der Waals surface area contributed by atoms with E-state index < -0.39 is 0 Å². The first-order valence-electron chi connectivity index (χ1n) is 6.83. The van der Waals surface area contributed by atoms with Gasteiger partial charge in [0.25, 0.3) is 0 Å². The minimum absolute atomic E-state index is 0.741. The summed E-state index contributed by atoms with van der Waals surface area (Å²) >= 11 is 7.11. The minimum atomic E-state index is 0.741. The van der Waals surface area contributed by atoms with Crippen LogP contribution in [-0.4, -0.2) is 16.5 Å². The van der Waals surface area contributed by atoms with Crippen molar-refractivity contribution in [2.45, 2.75) is 27.2 Å². The summed E-state index contributed by atoms with van der Waals surface area (Å²) in [4.78, 5) is 8.99. The highest BCUT2D eigenvalue weighted by Gasteiger charge is 2.12. The second kappa shape index (κ2) is 7.22. The monoisotopic (exact) mass is 412 g/mol. The molecule has 2 aromatic rings. The Balaban J connectivity index is 2.38. The third-order valence-corrected chi connectivity index (χ3v) is 4.33. The zero-order chi connectivity index (χ0) is 15.4. The second-order valence-electron chi connectivity index (χ2n) is 4.74. The third kappa shape index (κ3) is 3.95. The van der Waals surface area contributed by atoms with E-state index in [-0.39, 0.29) is 0 Å². The number of aromatic nitrogens is 2. The summed E-state index contributed by atoms with van der Waals surface area (Å²) < 4.78 is 1.96. The summed E-state index contributed by atoms with van der Waals surface area (Å²) in [5.74, 6) is 2.44. The van der Waals surface area contributed by atoms with Crippen molar-refractivity contribution in [2.24, 2.45) is 0 Å².